The second-order valence-corrected chi connectivity index (χ2v) is 9.34. The van der Waals surface area contributed by atoms with Crippen LogP contribution in [0.25, 0.3) is 16.7 Å². The number of aromatic nitrogens is 4. The third-order valence-corrected chi connectivity index (χ3v) is 6.82. The summed E-state index contributed by atoms with van der Waals surface area (Å²) in [5.41, 5.74) is 0.588. The summed E-state index contributed by atoms with van der Waals surface area (Å²) in [5.74, 6) is 0.252. The molecule has 0 amide bonds. The number of carbonyl (C=O) groups excluding carboxylic acids is 2. The van der Waals surface area contributed by atoms with Crippen molar-refractivity contribution in [2.75, 3.05) is 32.2 Å². The van der Waals surface area contributed by atoms with E-state index in [1.807, 2.05) is 4.40 Å². The molecule has 2 aromatic heterocycles. The number of esters is 1. The molecule has 1 fully saturated rings. The van der Waals surface area contributed by atoms with Crippen LogP contribution in [-0.2, 0) is 11.3 Å². The predicted octanol–water partition coefficient (Wildman–Crippen LogP) is 3.76. The van der Waals surface area contributed by atoms with Crippen LogP contribution in [-0.4, -0.2) is 58.2 Å². The number of hydrogen-bond donors (Lipinski definition) is 0. The van der Waals surface area contributed by atoms with Gasteiger partial charge in [0.15, 0.2) is 5.78 Å². The van der Waals surface area contributed by atoms with E-state index in [9.17, 15) is 14.4 Å². The smallest absolute Gasteiger partial charge is 0.341 e. The Labute approximate surface area is 217 Å². The van der Waals surface area contributed by atoms with Crippen LogP contribution in [0.4, 0.5) is 5.95 Å². The van der Waals surface area contributed by atoms with Gasteiger partial charge < -0.3 is 14.4 Å². The maximum absolute atomic E-state index is 13.4. The van der Waals surface area contributed by atoms with Crippen molar-refractivity contribution in [1.29, 1.82) is 0 Å². The number of rotatable bonds is 6. The van der Waals surface area contributed by atoms with Gasteiger partial charge in [-0.25, -0.2) is 13.9 Å². The van der Waals surface area contributed by atoms with Gasteiger partial charge in [0.2, 0.25) is 11.7 Å². The molecular formula is C26H26ClN5O5. The Hall–Kier alpha value is -3.92. The number of halogens is 1. The lowest BCUT2D eigenvalue weighted by Gasteiger charge is -2.20. The number of ether oxygens (including phenoxy) is 2. The number of hydrogen-bond acceptors (Lipinski definition) is 8. The van der Waals surface area contributed by atoms with Crippen LogP contribution in [0.5, 0.6) is 5.75 Å². The number of ketones is 1. The summed E-state index contributed by atoms with van der Waals surface area (Å²) < 4.78 is 13.3. The third-order valence-electron chi connectivity index (χ3n) is 6.58. The van der Waals surface area contributed by atoms with Gasteiger partial charge in [-0.2, -0.15) is 4.98 Å². The largest absolute Gasteiger partial charge is 0.496 e. The summed E-state index contributed by atoms with van der Waals surface area (Å²) in [4.78, 5) is 44.9. The molecule has 4 aromatic rings. The molecule has 10 nitrogen and oxygen atoms in total. The number of methoxy groups -OCH3 is 2. The fourth-order valence-corrected chi connectivity index (χ4v) is 4.88. The minimum atomic E-state index is -0.613. The molecule has 37 heavy (non-hydrogen) atoms. The van der Waals surface area contributed by atoms with Crippen molar-refractivity contribution >= 4 is 46.0 Å². The number of Topliss-reactive ketones (excluding diaryl/α,β-unsaturated/α-hetero) is 1. The number of carbonyl (C=O) groups is 2. The van der Waals surface area contributed by atoms with Crippen LogP contribution < -0.4 is 15.2 Å². The van der Waals surface area contributed by atoms with E-state index in [1.165, 1.54) is 25.0 Å². The summed E-state index contributed by atoms with van der Waals surface area (Å²) in [6.45, 7) is 1.43. The lowest BCUT2D eigenvalue weighted by Crippen LogP contribution is -2.26. The topological polar surface area (TPSA) is 108 Å². The van der Waals surface area contributed by atoms with Gasteiger partial charge in [0.1, 0.15) is 17.9 Å². The van der Waals surface area contributed by atoms with Gasteiger partial charge in [-0.05, 0) is 49.2 Å². The van der Waals surface area contributed by atoms with E-state index in [1.54, 1.807) is 30.3 Å². The Balaban J connectivity index is 1.63. The van der Waals surface area contributed by atoms with E-state index >= 15 is 0 Å². The van der Waals surface area contributed by atoms with Gasteiger partial charge in [0.25, 0.3) is 5.56 Å². The standard InChI is InChI=1S/C26H26ClN5O5/c1-36-22-10-7-16(13-19(22)24(35)37-2)21(33)15-31-25-28-23(34)18-14-17(27)8-9-20(18)32(25)26(29-31)30-11-5-3-4-6-12-30/h7-10,13-14H,3-6,11-12,15H2,1-2H3. The van der Waals surface area contributed by atoms with Crippen LogP contribution in [0.15, 0.2) is 41.2 Å². The molecule has 0 aliphatic carbocycles. The zero-order valence-corrected chi connectivity index (χ0v) is 21.3. The summed E-state index contributed by atoms with van der Waals surface area (Å²) in [6, 6.07) is 9.64. The van der Waals surface area contributed by atoms with Crippen molar-refractivity contribution in [3.05, 3.63) is 62.9 Å². The fraction of sp³-hybridized carbons (Fsp3) is 0.346. The highest BCUT2D eigenvalue weighted by Crippen LogP contribution is 2.26. The summed E-state index contributed by atoms with van der Waals surface area (Å²) in [5, 5.41) is 5.59. The SMILES string of the molecule is COC(=O)c1cc(C(=O)Cn2nc(N3CCCCCC3)n3c4ccc(Cl)cc4c(=O)nc23)ccc1OC. The van der Waals surface area contributed by atoms with Gasteiger partial charge in [0.05, 0.1) is 25.1 Å². The van der Waals surface area contributed by atoms with E-state index in [0.717, 1.165) is 38.8 Å². The lowest BCUT2D eigenvalue weighted by molar-refractivity contribution is 0.0597. The summed E-state index contributed by atoms with van der Waals surface area (Å²) in [6.07, 6.45) is 4.31. The molecule has 0 unspecified atom stereocenters. The Kier molecular flexibility index (Phi) is 6.84. The number of benzene rings is 2. The first-order valence-corrected chi connectivity index (χ1v) is 12.4. The first-order chi connectivity index (χ1) is 17.9. The van der Waals surface area contributed by atoms with Crippen molar-refractivity contribution in [1.82, 2.24) is 19.2 Å². The highest BCUT2D eigenvalue weighted by atomic mass is 35.5. The molecule has 5 rings (SSSR count). The molecule has 3 heterocycles. The van der Waals surface area contributed by atoms with Crippen LogP contribution >= 0.6 is 11.6 Å². The van der Waals surface area contributed by atoms with Gasteiger partial charge in [-0.1, -0.05) is 24.4 Å². The normalized spacial score (nSPS) is 14.1. The Morgan fingerprint density at radius 3 is 2.49 bits per heavy atom. The van der Waals surface area contributed by atoms with Crippen molar-refractivity contribution in [3.8, 4) is 5.75 Å². The van der Waals surface area contributed by atoms with Crippen molar-refractivity contribution < 1.29 is 19.1 Å². The molecule has 2 aromatic carbocycles. The molecule has 1 saturated heterocycles. The maximum atomic E-state index is 13.4. The van der Waals surface area contributed by atoms with Crippen LogP contribution in [0.3, 0.4) is 0 Å². The third kappa shape index (κ3) is 4.64. The minimum Gasteiger partial charge on any atom is -0.496 e. The first kappa shape index (κ1) is 24.8. The lowest BCUT2D eigenvalue weighted by atomic mass is 10.1. The molecule has 0 radical (unpaired) electrons. The molecular weight excluding hydrogens is 498 g/mol. The van der Waals surface area contributed by atoms with Crippen molar-refractivity contribution in [3.63, 3.8) is 0 Å². The van der Waals surface area contributed by atoms with E-state index in [4.69, 9.17) is 26.2 Å². The summed E-state index contributed by atoms with van der Waals surface area (Å²) >= 11 is 6.17. The van der Waals surface area contributed by atoms with Gasteiger partial charge in [-0.3, -0.25) is 9.59 Å². The van der Waals surface area contributed by atoms with Crippen LogP contribution in [0.2, 0.25) is 5.02 Å². The molecule has 0 N–H and O–H groups in total. The molecule has 192 valence electrons. The molecule has 0 spiro atoms. The molecule has 1 aliphatic rings. The van der Waals surface area contributed by atoms with Gasteiger partial charge in [0, 0.05) is 23.7 Å². The molecule has 0 bridgehead atoms. The molecule has 11 heteroatoms. The van der Waals surface area contributed by atoms with Gasteiger partial charge in [-0.15, -0.1) is 5.10 Å². The van der Waals surface area contributed by atoms with E-state index in [0.29, 0.717) is 27.6 Å². The second-order valence-electron chi connectivity index (χ2n) is 8.90. The van der Waals surface area contributed by atoms with Gasteiger partial charge >= 0.3 is 5.97 Å². The summed E-state index contributed by atoms with van der Waals surface area (Å²) in [7, 11) is 2.70. The fourth-order valence-electron chi connectivity index (χ4n) is 4.71. The second kappa shape index (κ2) is 10.2. The Bertz CT molecular complexity index is 1570. The van der Waals surface area contributed by atoms with Crippen LogP contribution in [0.1, 0.15) is 46.4 Å². The minimum absolute atomic E-state index is 0.142. The zero-order valence-electron chi connectivity index (χ0n) is 20.6. The average Bonchev–Trinajstić information content (AvgIpc) is 3.07. The predicted molar refractivity (Wildman–Crippen MR) is 139 cm³/mol. The number of nitrogens with zero attached hydrogens (tertiary/aromatic N) is 5. The van der Waals surface area contributed by atoms with E-state index < -0.39 is 11.5 Å². The first-order valence-electron chi connectivity index (χ1n) is 12.0. The highest BCUT2D eigenvalue weighted by Gasteiger charge is 2.24. The van der Waals surface area contributed by atoms with Crippen molar-refractivity contribution in [2.45, 2.75) is 32.2 Å². The average molecular weight is 524 g/mol. The zero-order chi connectivity index (χ0) is 26.1. The maximum Gasteiger partial charge on any atom is 0.341 e. The van der Waals surface area contributed by atoms with E-state index in [-0.39, 0.29) is 29.2 Å². The number of anilines is 1. The van der Waals surface area contributed by atoms with Crippen LogP contribution in [0, 0.1) is 0 Å². The molecule has 1 aliphatic heterocycles. The monoisotopic (exact) mass is 523 g/mol. The number of fused-ring (bicyclic) bond motifs is 3. The Morgan fingerprint density at radius 2 is 1.78 bits per heavy atom. The quantitative estimate of drug-likeness (QED) is 0.278. The van der Waals surface area contributed by atoms with E-state index in [2.05, 4.69) is 9.88 Å². The van der Waals surface area contributed by atoms with Crippen molar-refractivity contribution in [2.24, 2.45) is 0 Å². The molecule has 0 saturated carbocycles. The Morgan fingerprint density at radius 1 is 1.03 bits per heavy atom. The molecule has 0 atom stereocenters. The highest BCUT2D eigenvalue weighted by molar-refractivity contribution is 6.31.